The summed E-state index contributed by atoms with van der Waals surface area (Å²) in [6.45, 7) is 2.31. The van der Waals surface area contributed by atoms with E-state index in [-0.39, 0.29) is 0 Å². The fourth-order valence-corrected chi connectivity index (χ4v) is 2.96. The number of rotatable bonds is 3. The molecule has 1 saturated heterocycles. The minimum atomic E-state index is 0.535. The highest BCUT2D eigenvalue weighted by atomic mass is 16.5. The van der Waals surface area contributed by atoms with E-state index in [2.05, 4.69) is 16.4 Å². The predicted octanol–water partition coefficient (Wildman–Crippen LogP) is 2.95. The Bertz CT molecular complexity index is 593. The van der Waals surface area contributed by atoms with Gasteiger partial charge in [-0.3, -0.25) is 4.98 Å². The molecule has 1 aliphatic heterocycles. The summed E-state index contributed by atoms with van der Waals surface area (Å²) in [6.07, 6.45) is 5.05. The predicted molar refractivity (Wildman–Crippen MR) is 73.4 cm³/mol. The zero-order valence-corrected chi connectivity index (χ0v) is 10.7. The Morgan fingerprint density at radius 2 is 1.95 bits per heavy atom. The molecule has 0 bridgehead atoms. The summed E-state index contributed by atoms with van der Waals surface area (Å²) < 4.78 is 5.84. The van der Waals surface area contributed by atoms with E-state index in [1.165, 1.54) is 12.0 Å². The van der Waals surface area contributed by atoms with Crippen LogP contribution in [0.2, 0.25) is 0 Å². The second-order valence-electron chi connectivity index (χ2n) is 5.59. The molecule has 0 radical (unpaired) electrons. The average molecular weight is 252 g/mol. The van der Waals surface area contributed by atoms with Crippen molar-refractivity contribution in [2.75, 3.05) is 13.1 Å². The Balaban J connectivity index is 1.54. The van der Waals surface area contributed by atoms with Gasteiger partial charge in [-0.05, 0) is 36.1 Å². The van der Waals surface area contributed by atoms with Crippen molar-refractivity contribution in [3.05, 3.63) is 54.4 Å². The summed E-state index contributed by atoms with van der Waals surface area (Å²) in [6, 6.07) is 12.0. The van der Waals surface area contributed by atoms with Gasteiger partial charge in [0.1, 0.15) is 11.5 Å². The van der Waals surface area contributed by atoms with Gasteiger partial charge in [-0.15, -0.1) is 0 Å². The van der Waals surface area contributed by atoms with Gasteiger partial charge in [-0.25, -0.2) is 0 Å². The molecule has 2 aliphatic rings. The van der Waals surface area contributed by atoms with Gasteiger partial charge in [0, 0.05) is 24.7 Å². The summed E-state index contributed by atoms with van der Waals surface area (Å²) in [5, 5.41) is 3.37. The molecule has 19 heavy (non-hydrogen) atoms. The lowest BCUT2D eigenvalue weighted by molar-refractivity contribution is 0.312. The van der Waals surface area contributed by atoms with Gasteiger partial charge in [0.25, 0.3) is 0 Å². The highest BCUT2D eigenvalue weighted by Gasteiger charge is 2.58. The molecule has 1 unspecified atom stereocenters. The zero-order valence-electron chi connectivity index (χ0n) is 10.7. The fourth-order valence-electron chi connectivity index (χ4n) is 2.96. The third-order valence-electron chi connectivity index (χ3n) is 4.26. The normalized spacial score (nSPS) is 22.8. The summed E-state index contributed by atoms with van der Waals surface area (Å²) in [4.78, 5) is 4.32. The molecule has 1 aromatic heterocycles. The smallest absolute Gasteiger partial charge is 0.145 e. The number of benzene rings is 1. The number of aromatic nitrogens is 1. The van der Waals surface area contributed by atoms with E-state index in [1.807, 2.05) is 36.5 Å². The van der Waals surface area contributed by atoms with Gasteiger partial charge in [0.05, 0.1) is 6.20 Å². The molecule has 96 valence electrons. The van der Waals surface area contributed by atoms with Crippen LogP contribution in [-0.2, 0) is 0 Å². The quantitative estimate of drug-likeness (QED) is 0.912. The maximum atomic E-state index is 5.84. The third-order valence-corrected chi connectivity index (χ3v) is 4.26. The molecule has 1 aliphatic carbocycles. The van der Waals surface area contributed by atoms with Crippen molar-refractivity contribution in [1.29, 1.82) is 0 Å². The largest absolute Gasteiger partial charge is 0.456 e. The number of nitrogens with zero attached hydrogens (tertiary/aromatic N) is 1. The van der Waals surface area contributed by atoms with Gasteiger partial charge in [-0.1, -0.05) is 18.2 Å². The Morgan fingerprint density at radius 1 is 1.11 bits per heavy atom. The standard InChI is InChI=1S/C16H16N2O/c1-2-4-13(5-3-1)19-14-6-12(8-17-9-14)15-7-16(15)10-18-11-16/h1-6,8-9,15,18H,7,10-11H2. The van der Waals surface area contributed by atoms with E-state index in [1.54, 1.807) is 6.20 Å². The van der Waals surface area contributed by atoms with Gasteiger partial charge >= 0.3 is 0 Å². The molecular weight excluding hydrogens is 236 g/mol. The Hall–Kier alpha value is -1.87. The highest BCUT2D eigenvalue weighted by molar-refractivity contribution is 5.37. The fraction of sp³-hybridized carbons (Fsp3) is 0.312. The van der Waals surface area contributed by atoms with E-state index in [9.17, 15) is 0 Å². The van der Waals surface area contributed by atoms with Gasteiger partial charge in [0.2, 0.25) is 0 Å². The van der Waals surface area contributed by atoms with Crippen LogP contribution in [-0.4, -0.2) is 18.1 Å². The van der Waals surface area contributed by atoms with Crippen LogP contribution in [0.3, 0.4) is 0 Å². The number of hydrogen-bond donors (Lipinski definition) is 1. The van der Waals surface area contributed by atoms with Crippen LogP contribution in [0.5, 0.6) is 11.5 Å². The third kappa shape index (κ3) is 1.90. The van der Waals surface area contributed by atoms with Crippen molar-refractivity contribution >= 4 is 0 Å². The molecule has 1 N–H and O–H groups in total. The first-order chi connectivity index (χ1) is 9.36. The van der Waals surface area contributed by atoms with E-state index < -0.39 is 0 Å². The van der Waals surface area contributed by atoms with E-state index in [4.69, 9.17) is 4.74 Å². The molecule has 0 amide bonds. The molecule has 1 spiro atoms. The van der Waals surface area contributed by atoms with Crippen LogP contribution < -0.4 is 10.1 Å². The van der Waals surface area contributed by atoms with Crippen molar-refractivity contribution in [2.24, 2.45) is 5.41 Å². The molecular formula is C16H16N2O. The van der Waals surface area contributed by atoms with E-state index >= 15 is 0 Å². The number of pyridine rings is 1. The average Bonchev–Trinajstić information content (AvgIpc) is 3.16. The Kier molecular flexibility index (Phi) is 2.35. The summed E-state index contributed by atoms with van der Waals surface area (Å²) in [7, 11) is 0. The summed E-state index contributed by atoms with van der Waals surface area (Å²) in [5.41, 5.74) is 1.85. The highest BCUT2D eigenvalue weighted by Crippen LogP contribution is 2.61. The number of para-hydroxylation sites is 1. The second kappa shape index (κ2) is 4.07. The molecule has 3 heteroatoms. The molecule has 3 nitrogen and oxygen atoms in total. The second-order valence-corrected chi connectivity index (χ2v) is 5.59. The van der Waals surface area contributed by atoms with Crippen molar-refractivity contribution in [3.8, 4) is 11.5 Å². The van der Waals surface area contributed by atoms with Crippen molar-refractivity contribution < 1.29 is 4.74 Å². The van der Waals surface area contributed by atoms with Crippen LogP contribution in [0.25, 0.3) is 0 Å². The van der Waals surface area contributed by atoms with Gasteiger partial charge < -0.3 is 10.1 Å². The number of ether oxygens (including phenoxy) is 1. The van der Waals surface area contributed by atoms with Crippen molar-refractivity contribution in [3.63, 3.8) is 0 Å². The first kappa shape index (κ1) is 11.0. The van der Waals surface area contributed by atoms with Gasteiger partial charge in [-0.2, -0.15) is 0 Å². The van der Waals surface area contributed by atoms with E-state index in [0.717, 1.165) is 24.6 Å². The van der Waals surface area contributed by atoms with Crippen LogP contribution in [0, 0.1) is 5.41 Å². The van der Waals surface area contributed by atoms with Crippen LogP contribution in [0.4, 0.5) is 0 Å². The van der Waals surface area contributed by atoms with E-state index in [0.29, 0.717) is 11.3 Å². The molecule has 2 heterocycles. The molecule has 4 rings (SSSR count). The molecule has 1 aromatic carbocycles. The van der Waals surface area contributed by atoms with Crippen LogP contribution in [0.15, 0.2) is 48.8 Å². The molecule has 2 fully saturated rings. The first-order valence-corrected chi connectivity index (χ1v) is 6.74. The van der Waals surface area contributed by atoms with Crippen LogP contribution in [0.1, 0.15) is 17.9 Å². The van der Waals surface area contributed by atoms with Crippen molar-refractivity contribution in [1.82, 2.24) is 10.3 Å². The zero-order chi connectivity index (χ0) is 12.7. The Labute approximate surface area is 112 Å². The minimum Gasteiger partial charge on any atom is -0.456 e. The maximum absolute atomic E-state index is 5.84. The van der Waals surface area contributed by atoms with Crippen molar-refractivity contribution in [2.45, 2.75) is 12.3 Å². The topological polar surface area (TPSA) is 34.1 Å². The SMILES string of the molecule is c1ccc(Oc2cncc(C3CC34CNC4)c2)cc1. The van der Waals surface area contributed by atoms with Crippen LogP contribution >= 0.6 is 0 Å². The monoisotopic (exact) mass is 252 g/mol. The lowest BCUT2D eigenvalue weighted by Crippen LogP contribution is -2.44. The lowest BCUT2D eigenvalue weighted by atomic mass is 9.94. The minimum absolute atomic E-state index is 0.535. The molecule has 1 saturated carbocycles. The van der Waals surface area contributed by atoms with Gasteiger partial charge in [0.15, 0.2) is 0 Å². The molecule has 1 atom stereocenters. The lowest BCUT2D eigenvalue weighted by Gasteiger charge is -2.28. The summed E-state index contributed by atoms with van der Waals surface area (Å²) in [5.74, 6) is 2.36. The summed E-state index contributed by atoms with van der Waals surface area (Å²) >= 11 is 0. The molecule has 2 aromatic rings. The Morgan fingerprint density at radius 3 is 2.63 bits per heavy atom. The number of nitrogens with one attached hydrogen (secondary N) is 1. The number of hydrogen-bond acceptors (Lipinski definition) is 3. The maximum Gasteiger partial charge on any atom is 0.145 e. The first-order valence-electron chi connectivity index (χ1n) is 6.74.